The van der Waals surface area contributed by atoms with Gasteiger partial charge in [-0.2, -0.15) is 0 Å². The third-order valence-electron chi connectivity index (χ3n) is 2.41. The Morgan fingerprint density at radius 3 is 2.35 bits per heavy atom. The van der Waals surface area contributed by atoms with E-state index in [1.54, 1.807) is 18.2 Å². The number of hydrogen-bond donors (Lipinski definition) is 0. The minimum atomic E-state index is 0.0538. The Balaban J connectivity index is 2.24. The predicted molar refractivity (Wildman–Crippen MR) is 73.6 cm³/mol. The van der Waals surface area contributed by atoms with Crippen LogP contribution >= 0.6 is 34.5 Å². The second-order valence-corrected chi connectivity index (χ2v) is 5.81. The molecule has 0 bridgehead atoms. The van der Waals surface area contributed by atoms with Crippen molar-refractivity contribution in [3.8, 4) is 0 Å². The maximum Gasteiger partial charge on any atom is 0.177 e. The molecule has 0 aliphatic rings. The van der Waals surface area contributed by atoms with Gasteiger partial charge in [0.2, 0.25) is 0 Å². The van der Waals surface area contributed by atoms with E-state index in [-0.39, 0.29) is 12.2 Å². The van der Waals surface area contributed by atoms with Crippen molar-refractivity contribution < 1.29 is 4.79 Å². The highest BCUT2D eigenvalue weighted by atomic mass is 35.5. The van der Waals surface area contributed by atoms with E-state index in [4.69, 9.17) is 23.2 Å². The van der Waals surface area contributed by atoms with Gasteiger partial charge in [-0.1, -0.05) is 29.3 Å². The predicted octanol–water partition coefficient (Wildman–Crippen LogP) is 4.79. The van der Waals surface area contributed by atoms with Crippen LogP contribution in [0.4, 0.5) is 0 Å². The molecule has 0 saturated carbocycles. The summed E-state index contributed by atoms with van der Waals surface area (Å²) in [7, 11) is 0. The molecule has 0 N–H and O–H groups in total. The monoisotopic (exact) mass is 284 g/mol. The van der Waals surface area contributed by atoms with Gasteiger partial charge in [-0.15, -0.1) is 11.3 Å². The Kier molecular flexibility index (Phi) is 3.87. The molecule has 0 saturated heterocycles. The van der Waals surface area contributed by atoms with Crippen LogP contribution in [0.2, 0.25) is 10.0 Å². The van der Waals surface area contributed by atoms with Crippen LogP contribution in [0.5, 0.6) is 0 Å². The van der Waals surface area contributed by atoms with Crippen molar-refractivity contribution in [1.82, 2.24) is 0 Å². The quantitative estimate of drug-likeness (QED) is 0.741. The highest BCUT2D eigenvalue weighted by Gasteiger charge is 2.13. The summed E-state index contributed by atoms with van der Waals surface area (Å²) in [6.07, 6.45) is 0.248. The summed E-state index contributed by atoms with van der Waals surface area (Å²) in [5.41, 5.74) is 0.701. The van der Waals surface area contributed by atoms with Crippen LogP contribution in [0, 0.1) is 6.92 Å². The zero-order valence-electron chi connectivity index (χ0n) is 9.17. The average molecular weight is 285 g/mol. The van der Waals surface area contributed by atoms with E-state index < -0.39 is 0 Å². The number of aryl methyl sites for hydroxylation is 1. The molecule has 0 radical (unpaired) electrons. The summed E-state index contributed by atoms with van der Waals surface area (Å²) >= 11 is 13.6. The van der Waals surface area contributed by atoms with Crippen molar-refractivity contribution in [2.45, 2.75) is 13.3 Å². The molecule has 1 aromatic heterocycles. The Labute approximate surface area is 114 Å². The molecule has 4 heteroatoms. The summed E-state index contributed by atoms with van der Waals surface area (Å²) in [5.74, 6) is 0.0538. The summed E-state index contributed by atoms with van der Waals surface area (Å²) in [6.45, 7) is 1.98. The van der Waals surface area contributed by atoms with Crippen LogP contribution in [-0.2, 0) is 6.42 Å². The molecule has 0 aliphatic heterocycles. The van der Waals surface area contributed by atoms with Gasteiger partial charge in [0.25, 0.3) is 0 Å². The van der Waals surface area contributed by atoms with Crippen LogP contribution < -0.4 is 0 Å². The fourth-order valence-electron chi connectivity index (χ4n) is 1.53. The van der Waals surface area contributed by atoms with E-state index in [0.29, 0.717) is 15.6 Å². The number of halogens is 2. The molecule has 2 aromatic rings. The number of thiophene rings is 1. The van der Waals surface area contributed by atoms with Gasteiger partial charge in [-0.3, -0.25) is 4.79 Å². The van der Waals surface area contributed by atoms with E-state index in [2.05, 4.69) is 0 Å². The molecule has 0 amide bonds. The molecule has 0 fully saturated rings. The van der Waals surface area contributed by atoms with Crippen molar-refractivity contribution in [1.29, 1.82) is 0 Å². The van der Waals surface area contributed by atoms with Crippen molar-refractivity contribution in [2.75, 3.05) is 0 Å². The zero-order valence-corrected chi connectivity index (χ0v) is 11.5. The number of rotatable bonds is 3. The first-order valence-corrected chi connectivity index (χ1v) is 6.67. The van der Waals surface area contributed by atoms with Crippen molar-refractivity contribution >= 4 is 40.3 Å². The highest BCUT2D eigenvalue weighted by molar-refractivity contribution is 7.14. The summed E-state index contributed by atoms with van der Waals surface area (Å²) in [5, 5.41) is 1.08. The van der Waals surface area contributed by atoms with E-state index in [0.717, 1.165) is 9.75 Å². The zero-order chi connectivity index (χ0) is 12.4. The third-order valence-corrected chi connectivity index (χ3v) is 4.16. The number of carbonyl (C=O) groups is 1. The van der Waals surface area contributed by atoms with E-state index in [9.17, 15) is 4.79 Å². The third kappa shape index (κ3) is 2.89. The smallest absolute Gasteiger partial charge is 0.177 e. The Morgan fingerprint density at radius 1 is 1.18 bits per heavy atom. The number of benzene rings is 1. The molecule has 1 aromatic carbocycles. The molecular formula is C13H10Cl2OS. The largest absolute Gasteiger partial charge is 0.293 e. The SMILES string of the molecule is Cc1ccc(C(=O)Cc2c(Cl)cccc2Cl)s1. The molecule has 1 nitrogen and oxygen atoms in total. The second-order valence-electron chi connectivity index (χ2n) is 3.71. The fraction of sp³-hybridized carbons (Fsp3) is 0.154. The van der Waals surface area contributed by atoms with Crippen LogP contribution in [-0.4, -0.2) is 5.78 Å². The van der Waals surface area contributed by atoms with Crippen LogP contribution in [0.3, 0.4) is 0 Å². The van der Waals surface area contributed by atoms with Gasteiger partial charge < -0.3 is 0 Å². The molecule has 88 valence electrons. The first-order valence-electron chi connectivity index (χ1n) is 5.10. The number of carbonyl (C=O) groups excluding carboxylic acids is 1. The van der Waals surface area contributed by atoms with Crippen molar-refractivity contribution in [3.63, 3.8) is 0 Å². The normalized spacial score (nSPS) is 10.5. The van der Waals surface area contributed by atoms with E-state index in [1.165, 1.54) is 11.3 Å². The fourth-order valence-corrected chi connectivity index (χ4v) is 2.87. The molecule has 2 rings (SSSR count). The Morgan fingerprint density at radius 2 is 1.82 bits per heavy atom. The van der Waals surface area contributed by atoms with Gasteiger partial charge in [0.1, 0.15) is 0 Å². The standard InChI is InChI=1S/C13H10Cl2OS/c1-8-5-6-13(17-8)12(16)7-9-10(14)3-2-4-11(9)15/h2-6H,7H2,1H3. The second kappa shape index (κ2) is 5.21. The van der Waals surface area contributed by atoms with Gasteiger partial charge >= 0.3 is 0 Å². The molecule has 0 unspecified atom stereocenters. The van der Waals surface area contributed by atoms with E-state index in [1.807, 2.05) is 19.1 Å². The molecule has 0 atom stereocenters. The van der Waals surface area contributed by atoms with Crippen LogP contribution in [0.15, 0.2) is 30.3 Å². The van der Waals surface area contributed by atoms with Gasteiger partial charge in [-0.25, -0.2) is 0 Å². The lowest BCUT2D eigenvalue weighted by Crippen LogP contribution is -2.02. The number of ketones is 1. The lowest BCUT2D eigenvalue weighted by molar-refractivity contribution is 0.0997. The Hall–Kier alpha value is -0.830. The van der Waals surface area contributed by atoms with E-state index >= 15 is 0 Å². The van der Waals surface area contributed by atoms with Gasteiger partial charge in [-0.05, 0) is 36.8 Å². The minimum Gasteiger partial charge on any atom is -0.293 e. The number of hydrogen-bond acceptors (Lipinski definition) is 2. The summed E-state index contributed by atoms with van der Waals surface area (Å²) in [4.78, 5) is 13.9. The molecule has 1 heterocycles. The first kappa shape index (κ1) is 12.6. The highest BCUT2D eigenvalue weighted by Crippen LogP contribution is 2.26. The molecule has 17 heavy (non-hydrogen) atoms. The van der Waals surface area contributed by atoms with Gasteiger partial charge in [0, 0.05) is 21.3 Å². The van der Waals surface area contributed by atoms with Crippen LogP contribution in [0.1, 0.15) is 20.1 Å². The average Bonchev–Trinajstić information content (AvgIpc) is 2.70. The Bertz CT molecular complexity index is 540. The molecular weight excluding hydrogens is 275 g/mol. The van der Waals surface area contributed by atoms with Crippen LogP contribution in [0.25, 0.3) is 0 Å². The topological polar surface area (TPSA) is 17.1 Å². The van der Waals surface area contributed by atoms with Gasteiger partial charge in [0.05, 0.1) is 4.88 Å². The lowest BCUT2D eigenvalue weighted by Gasteiger charge is -2.04. The van der Waals surface area contributed by atoms with Crippen molar-refractivity contribution in [3.05, 3.63) is 55.7 Å². The maximum absolute atomic E-state index is 12.0. The lowest BCUT2D eigenvalue weighted by atomic mass is 10.1. The number of Topliss-reactive ketones (excluding diaryl/α,β-unsaturated/α-hetero) is 1. The molecule has 0 spiro atoms. The summed E-state index contributed by atoms with van der Waals surface area (Å²) < 4.78 is 0. The summed E-state index contributed by atoms with van der Waals surface area (Å²) in [6, 6.07) is 9.04. The van der Waals surface area contributed by atoms with Gasteiger partial charge in [0.15, 0.2) is 5.78 Å². The first-order chi connectivity index (χ1) is 8.08. The molecule has 0 aliphatic carbocycles. The maximum atomic E-state index is 12.0. The van der Waals surface area contributed by atoms with Crippen molar-refractivity contribution in [2.24, 2.45) is 0 Å². The minimum absolute atomic E-state index is 0.0538.